The number of primary amides is 1. The van der Waals surface area contributed by atoms with Gasteiger partial charge in [0.2, 0.25) is 0 Å². The largest absolute Gasteiger partial charge is 0.382 e. The molecule has 3 aromatic heterocycles. The normalized spacial score (nSPS) is 17.0. The number of nitrogen functional groups attached to an aromatic ring is 1. The number of amides is 1. The highest BCUT2D eigenvalue weighted by Crippen LogP contribution is 2.40. The zero-order valence-electron chi connectivity index (χ0n) is 21.7. The van der Waals surface area contributed by atoms with Crippen LogP contribution in [-0.2, 0) is 0 Å². The second kappa shape index (κ2) is 10.2. The predicted octanol–water partition coefficient (Wildman–Crippen LogP) is 4.69. The molecule has 5 aromatic rings. The fraction of sp³-hybridized carbons (Fsp3) is 0.194. The van der Waals surface area contributed by atoms with E-state index in [-0.39, 0.29) is 17.4 Å². The number of nitrogens with zero attached hydrogens (tertiary/aromatic N) is 5. The third-order valence-electron chi connectivity index (χ3n) is 7.82. The summed E-state index contributed by atoms with van der Waals surface area (Å²) in [7, 11) is 0. The number of aromatic nitrogens is 4. The van der Waals surface area contributed by atoms with Gasteiger partial charge in [-0.2, -0.15) is 10.4 Å². The zero-order chi connectivity index (χ0) is 27.8. The number of nitrogens with two attached hydrogens (primary N) is 2. The summed E-state index contributed by atoms with van der Waals surface area (Å²) in [6, 6.07) is 22.9. The van der Waals surface area contributed by atoms with Crippen molar-refractivity contribution in [3.63, 3.8) is 0 Å². The minimum absolute atomic E-state index is 0.0682. The summed E-state index contributed by atoms with van der Waals surface area (Å²) in [4.78, 5) is 29.9. The molecule has 2 aromatic carbocycles. The highest BCUT2D eigenvalue weighted by atomic mass is 16.2. The van der Waals surface area contributed by atoms with Crippen LogP contribution in [0, 0.1) is 17.2 Å². The van der Waals surface area contributed by atoms with E-state index in [0.29, 0.717) is 22.6 Å². The highest BCUT2D eigenvalue weighted by molar-refractivity contribution is 5.99. The number of para-hydroxylation sites is 1. The van der Waals surface area contributed by atoms with Gasteiger partial charge < -0.3 is 11.5 Å². The summed E-state index contributed by atoms with van der Waals surface area (Å²) >= 11 is 0. The van der Waals surface area contributed by atoms with E-state index in [2.05, 4.69) is 22.2 Å². The average molecular weight is 530 g/mol. The average Bonchev–Trinajstić information content (AvgIpc) is 3.38. The monoisotopic (exact) mass is 529 g/mol. The summed E-state index contributed by atoms with van der Waals surface area (Å²) in [5.74, 6) is -0.0250. The van der Waals surface area contributed by atoms with Crippen LogP contribution in [0.5, 0.6) is 0 Å². The Kier molecular flexibility index (Phi) is 6.36. The summed E-state index contributed by atoms with van der Waals surface area (Å²) in [5.41, 5.74) is 16.9. The smallest absolute Gasteiger partial charge is 0.268 e. The van der Waals surface area contributed by atoms with Crippen LogP contribution in [0.4, 0.5) is 5.82 Å². The molecule has 0 aliphatic heterocycles. The maximum Gasteiger partial charge on any atom is 0.268 e. The number of nitriles is 1. The number of fused-ring (bicyclic) bond motifs is 1. The van der Waals surface area contributed by atoms with E-state index in [1.807, 2.05) is 47.0 Å². The first-order valence-corrected chi connectivity index (χ1v) is 13.2. The molecule has 3 heterocycles. The van der Waals surface area contributed by atoms with Crippen LogP contribution in [0.25, 0.3) is 33.5 Å². The van der Waals surface area contributed by atoms with E-state index in [1.54, 1.807) is 24.4 Å². The van der Waals surface area contributed by atoms with Crippen LogP contribution < -0.4 is 17.0 Å². The van der Waals surface area contributed by atoms with E-state index in [9.17, 15) is 14.9 Å². The van der Waals surface area contributed by atoms with Crippen molar-refractivity contribution < 1.29 is 4.79 Å². The molecule has 1 fully saturated rings. The van der Waals surface area contributed by atoms with Gasteiger partial charge in [0, 0.05) is 40.5 Å². The number of rotatable bonds is 5. The third kappa shape index (κ3) is 4.29. The molecule has 198 valence electrons. The topological polar surface area (TPSA) is 145 Å². The van der Waals surface area contributed by atoms with Gasteiger partial charge in [0.15, 0.2) is 5.82 Å². The molecule has 0 atom stereocenters. The lowest BCUT2D eigenvalue weighted by Crippen LogP contribution is -2.29. The van der Waals surface area contributed by atoms with E-state index in [1.165, 1.54) is 10.9 Å². The van der Waals surface area contributed by atoms with Crippen molar-refractivity contribution in [3.8, 4) is 34.0 Å². The predicted molar refractivity (Wildman–Crippen MR) is 153 cm³/mol. The van der Waals surface area contributed by atoms with Crippen LogP contribution in [0.1, 0.15) is 47.7 Å². The molecule has 9 heteroatoms. The fourth-order valence-electron chi connectivity index (χ4n) is 5.76. The molecule has 0 saturated heterocycles. The number of pyridine rings is 1. The van der Waals surface area contributed by atoms with Crippen LogP contribution in [0.15, 0.2) is 84.0 Å². The van der Waals surface area contributed by atoms with E-state index in [4.69, 9.17) is 11.5 Å². The second-order valence-corrected chi connectivity index (χ2v) is 10.1. The summed E-state index contributed by atoms with van der Waals surface area (Å²) in [6.45, 7) is 0. The molecule has 4 N–H and O–H groups in total. The van der Waals surface area contributed by atoms with Gasteiger partial charge in [-0.15, -0.1) is 0 Å². The van der Waals surface area contributed by atoms with Gasteiger partial charge >= 0.3 is 0 Å². The third-order valence-corrected chi connectivity index (χ3v) is 7.82. The van der Waals surface area contributed by atoms with Gasteiger partial charge in [-0.25, -0.2) is 9.50 Å². The zero-order valence-corrected chi connectivity index (χ0v) is 21.7. The van der Waals surface area contributed by atoms with Gasteiger partial charge in [0.05, 0.1) is 6.07 Å². The second-order valence-electron chi connectivity index (χ2n) is 10.1. The van der Waals surface area contributed by atoms with Crippen molar-refractivity contribution in [2.45, 2.75) is 31.6 Å². The Labute approximate surface area is 230 Å². The number of carbonyl (C=O) groups excluding carboxylic acids is 1. The van der Waals surface area contributed by atoms with Crippen molar-refractivity contribution in [2.75, 3.05) is 5.73 Å². The molecular weight excluding hydrogens is 502 g/mol. The fourth-order valence-corrected chi connectivity index (χ4v) is 5.76. The SMILES string of the molecule is N#CC1CCC(c2cc(-c3ccc(-c4ccn(-c5ccccc5)c(=O)c4C(N)=O)cc3)c3c(N)ncnn23)CC1. The minimum atomic E-state index is -0.784. The van der Waals surface area contributed by atoms with Gasteiger partial charge in [-0.05, 0) is 61.1 Å². The molecule has 0 spiro atoms. The molecule has 0 unspecified atom stereocenters. The molecule has 6 rings (SSSR count). The van der Waals surface area contributed by atoms with Crippen molar-refractivity contribution >= 4 is 17.2 Å². The molecule has 0 bridgehead atoms. The maximum absolute atomic E-state index is 13.3. The molecule has 1 saturated carbocycles. The number of hydrogen-bond donors (Lipinski definition) is 2. The van der Waals surface area contributed by atoms with Crippen LogP contribution in [0.2, 0.25) is 0 Å². The van der Waals surface area contributed by atoms with Crippen molar-refractivity contribution in [3.05, 3.63) is 101 Å². The summed E-state index contributed by atoms with van der Waals surface area (Å²) in [6.07, 6.45) is 6.67. The Morgan fingerprint density at radius 3 is 2.27 bits per heavy atom. The van der Waals surface area contributed by atoms with E-state index >= 15 is 0 Å². The lowest BCUT2D eigenvalue weighted by atomic mass is 9.81. The molecular formula is C31H27N7O2. The van der Waals surface area contributed by atoms with Gasteiger partial charge in [0.1, 0.15) is 17.4 Å². The van der Waals surface area contributed by atoms with Crippen molar-refractivity contribution in [1.29, 1.82) is 5.26 Å². The molecule has 1 amide bonds. The molecule has 1 aliphatic rings. The highest BCUT2D eigenvalue weighted by Gasteiger charge is 2.27. The lowest BCUT2D eigenvalue weighted by molar-refractivity contribution is 0.0999. The molecule has 1 aliphatic carbocycles. The van der Waals surface area contributed by atoms with E-state index in [0.717, 1.165) is 48.0 Å². The van der Waals surface area contributed by atoms with Crippen LogP contribution in [0.3, 0.4) is 0 Å². The first-order chi connectivity index (χ1) is 19.5. The number of anilines is 1. The summed E-state index contributed by atoms with van der Waals surface area (Å²) < 4.78 is 3.29. The number of carbonyl (C=O) groups is 1. The summed E-state index contributed by atoms with van der Waals surface area (Å²) in [5, 5.41) is 13.8. The Hall–Kier alpha value is -5.23. The number of benzene rings is 2. The van der Waals surface area contributed by atoms with Crippen molar-refractivity contribution in [1.82, 2.24) is 19.2 Å². The van der Waals surface area contributed by atoms with Gasteiger partial charge in [0.25, 0.3) is 11.5 Å². The first kappa shape index (κ1) is 25.1. The Bertz CT molecular complexity index is 1820. The Morgan fingerprint density at radius 1 is 0.950 bits per heavy atom. The molecule has 9 nitrogen and oxygen atoms in total. The maximum atomic E-state index is 13.3. The van der Waals surface area contributed by atoms with Crippen LogP contribution in [-0.4, -0.2) is 25.1 Å². The lowest BCUT2D eigenvalue weighted by Gasteiger charge is -2.24. The van der Waals surface area contributed by atoms with Crippen LogP contribution >= 0.6 is 0 Å². The Morgan fingerprint density at radius 2 is 1.62 bits per heavy atom. The van der Waals surface area contributed by atoms with Gasteiger partial charge in [-0.1, -0.05) is 42.5 Å². The Balaban J connectivity index is 1.40. The van der Waals surface area contributed by atoms with Gasteiger partial charge in [-0.3, -0.25) is 14.2 Å². The molecule has 0 radical (unpaired) electrons. The minimum Gasteiger partial charge on any atom is -0.382 e. The number of hydrogen-bond acceptors (Lipinski definition) is 6. The van der Waals surface area contributed by atoms with Crippen molar-refractivity contribution in [2.24, 2.45) is 11.7 Å². The molecule has 40 heavy (non-hydrogen) atoms. The standard InChI is InChI=1S/C31H27N7O2/c32-17-19-6-8-22(9-7-19)26-16-25(28-29(33)35-18-36-38(26)28)21-12-10-20(11-13-21)24-14-15-37(23-4-2-1-3-5-23)31(40)27(24)30(34)39/h1-5,10-16,18-19,22H,6-9H2,(H2,34,39)(H2,33,35,36). The first-order valence-electron chi connectivity index (χ1n) is 13.2. The quantitative estimate of drug-likeness (QED) is 0.338. The van der Waals surface area contributed by atoms with E-state index < -0.39 is 11.5 Å².